The number of alkyl halides is 3. The smallest absolute Gasteiger partial charge is 0.270 e. The second-order valence-corrected chi connectivity index (χ2v) is 1.55. The molecule has 0 aliphatic carbocycles. The van der Waals surface area contributed by atoms with Crippen LogP contribution in [-0.4, -0.2) is 12.2 Å². The number of nitrogens with two attached hydrogens (primary N) is 1. The minimum atomic E-state index is -3.66. The molecule has 9 heavy (non-hydrogen) atoms. The lowest BCUT2D eigenvalue weighted by Gasteiger charge is -2.12. The fourth-order valence-electron chi connectivity index (χ4n) is 0.272. The molecule has 5 heteroatoms. The second kappa shape index (κ2) is 4.32. The predicted octanol–water partition coefficient (Wildman–Crippen LogP) is 1.90. The van der Waals surface area contributed by atoms with Crippen molar-refractivity contribution in [1.82, 2.24) is 0 Å². The maximum absolute atomic E-state index is 11.8. The van der Waals surface area contributed by atoms with Gasteiger partial charge in [-0.2, -0.15) is 8.78 Å². The van der Waals surface area contributed by atoms with Crippen molar-refractivity contribution in [3.8, 4) is 0 Å². The summed E-state index contributed by atoms with van der Waals surface area (Å²) in [5, 5.41) is 0. The van der Waals surface area contributed by atoms with E-state index in [2.05, 4.69) is 5.73 Å². The van der Waals surface area contributed by atoms with Gasteiger partial charge in [0.15, 0.2) is 6.17 Å². The highest BCUT2D eigenvalue weighted by atomic mass is 127. The maximum Gasteiger partial charge on any atom is 0.330 e. The molecule has 0 spiro atoms. The first-order chi connectivity index (χ1) is 3.48. The first kappa shape index (κ1) is 12.2. The van der Waals surface area contributed by atoms with Crippen LogP contribution in [0.2, 0.25) is 0 Å². The summed E-state index contributed by atoms with van der Waals surface area (Å²) in [6, 6.07) is -3.66. The van der Waals surface area contributed by atoms with E-state index in [1.807, 2.05) is 0 Å². The summed E-state index contributed by atoms with van der Waals surface area (Å²) in [6.07, 6.45) is -2.45. The molecule has 0 heterocycles. The Kier molecular flexibility index (Phi) is 5.85. The standard InChI is InChI=1S/C4H8F3N.HI/c1-2-3(5)4(6,7)8;/h3H,2,8H2,1H3;1H. The molecule has 58 valence electrons. The molecular weight excluding hydrogens is 246 g/mol. The molecule has 1 nitrogen and oxygen atoms in total. The van der Waals surface area contributed by atoms with E-state index < -0.39 is 12.2 Å². The van der Waals surface area contributed by atoms with E-state index in [-0.39, 0.29) is 30.4 Å². The summed E-state index contributed by atoms with van der Waals surface area (Å²) >= 11 is 0. The zero-order valence-corrected chi connectivity index (χ0v) is 7.23. The fraction of sp³-hybridized carbons (Fsp3) is 1.00. The van der Waals surface area contributed by atoms with Gasteiger partial charge in [0.2, 0.25) is 0 Å². The average Bonchev–Trinajstić information content (AvgIpc) is 1.62. The number of hydrogen-bond acceptors (Lipinski definition) is 1. The highest BCUT2D eigenvalue weighted by Crippen LogP contribution is 2.16. The van der Waals surface area contributed by atoms with Crippen LogP contribution < -0.4 is 5.73 Å². The quantitative estimate of drug-likeness (QED) is 0.592. The van der Waals surface area contributed by atoms with Crippen LogP contribution in [0.1, 0.15) is 13.3 Å². The summed E-state index contributed by atoms with van der Waals surface area (Å²) in [5.74, 6) is 0. The average molecular weight is 255 g/mol. The Morgan fingerprint density at radius 2 is 1.89 bits per heavy atom. The van der Waals surface area contributed by atoms with E-state index in [9.17, 15) is 13.2 Å². The topological polar surface area (TPSA) is 26.0 Å². The molecule has 0 saturated carbocycles. The van der Waals surface area contributed by atoms with Gasteiger partial charge in [-0.25, -0.2) is 4.39 Å². The largest absolute Gasteiger partial charge is 0.330 e. The first-order valence-corrected chi connectivity index (χ1v) is 2.29. The Hall–Kier alpha value is 0.480. The minimum Gasteiger partial charge on any atom is -0.270 e. The Labute approximate surface area is 68.8 Å². The van der Waals surface area contributed by atoms with Crippen molar-refractivity contribution in [3.63, 3.8) is 0 Å². The summed E-state index contributed by atoms with van der Waals surface area (Å²) < 4.78 is 34.8. The number of hydrogen-bond donors (Lipinski definition) is 1. The van der Waals surface area contributed by atoms with Crippen LogP contribution in [0.3, 0.4) is 0 Å². The van der Waals surface area contributed by atoms with Gasteiger partial charge in [-0.1, -0.05) is 6.92 Å². The first-order valence-electron chi connectivity index (χ1n) is 2.29. The Morgan fingerprint density at radius 3 is 1.89 bits per heavy atom. The van der Waals surface area contributed by atoms with Crippen LogP contribution in [0, 0.1) is 0 Å². The molecular formula is C4H9F3IN. The summed E-state index contributed by atoms with van der Waals surface area (Å²) in [4.78, 5) is 0. The molecule has 0 aromatic rings. The van der Waals surface area contributed by atoms with Crippen LogP contribution in [0.25, 0.3) is 0 Å². The summed E-state index contributed by atoms with van der Waals surface area (Å²) in [5.41, 5.74) is 4.08. The van der Waals surface area contributed by atoms with Crippen molar-refractivity contribution in [1.29, 1.82) is 0 Å². The Morgan fingerprint density at radius 1 is 1.56 bits per heavy atom. The summed E-state index contributed by atoms with van der Waals surface area (Å²) in [6.45, 7) is 1.31. The second-order valence-electron chi connectivity index (χ2n) is 1.55. The van der Waals surface area contributed by atoms with E-state index >= 15 is 0 Å². The molecule has 2 N–H and O–H groups in total. The van der Waals surface area contributed by atoms with Crippen LogP contribution >= 0.6 is 24.0 Å². The van der Waals surface area contributed by atoms with E-state index in [0.717, 1.165) is 0 Å². The van der Waals surface area contributed by atoms with E-state index in [1.165, 1.54) is 6.92 Å². The Bertz CT molecular complexity index is 72.7. The van der Waals surface area contributed by atoms with Gasteiger partial charge in [0.1, 0.15) is 0 Å². The number of halogens is 4. The molecule has 0 saturated heterocycles. The third-order valence-corrected chi connectivity index (χ3v) is 0.776. The highest BCUT2D eigenvalue weighted by Gasteiger charge is 2.33. The van der Waals surface area contributed by atoms with Gasteiger partial charge >= 0.3 is 6.05 Å². The molecule has 1 unspecified atom stereocenters. The van der Waals surface area contributed by atoms with Gasteiger partial charge < -0.3 is 0 Å². The maximum atomic E-state index is 11.8. The SMILES string of the molecule is CCC(F)C(N)(F)F.I. The normalized spacial score (nSPS) is 14.3. The van der Waals surface area contributed by atoms with Crippen molar-refractivity contribution in [2.75, 3.05) is 0 Å². The molecule has 0 fully saturated rings. The van der Waals surface area contributed by atoms with Crippen LogP contribution in [0.15, 0.2) is 0 Å². The summed E-state index contributed by atoms with van der Waals surface area (Å²) in [7, 11) is 0. The molecule has 0 radical (unpaired) electrons. The van der Waals surface area contributed by atoms with Crippen molar-refractivity contribution in [3.05, 3.63) is 0 Å². The van der Waals surface area contributed by atoms with Gasteiger partial charge in [0.05, 0.1) is 0 Å². The Balaban J connectivity index is 0. The third-order valence-electron chi connectivity index (χ3n) is 0.776. The number of rotatable bonds is 2. The van der Waals surface area contributed by atoms with E-state index in [4.69, 9.17) is 0 Å². The molecule has 0 aromatic carbocycles. The molecule has 0 rings (SSSR count). The molecule has 0 bridgehead atoms. The van der Waals surface area contributed by atoms with Crippen molar-refractivity contribution >= 4 is 24.0 Å². The van der Waals surface area contributed by atoms with Crippen LogP contribution in [0.5, 0.6) is 0 Å². The van der Waals surface area contributed by atoms with Gasteiger partial charge in [-0.05, 0) is 6.42 Å². The van der Waals surface area contributed by atoms with Crippen molar-refractivity contribution in [2.24, 2.45) is 5.73 Å². The molecule has 0 aromatic heterocycles. The van der Waals surface area contributed by atoms with Gasteiger partial charge in [-0.3, -0.25) is 5.73 Å². The van der Waals surface area contributed by atoms with Crippen molar-refractivity contribution in [2.45, 2.75) is 25.6 Å². The molecule has 0 aliphatic heterocycles. The predicted molar refractivity (Wildman–Crippen MR) is 39.7 cm³/mol. The minimum absolute atomic E-state index is 0. The van der Waals surface area contributed by atoms with Crippen LogP contribution in [0.4, 0.5) is 13.2 Å². The lowest BCUT2D eigenvalue weighted by atomic mass is 10.3. The highest BCUT2D eigenvalue weighted by molar-refractivity contribution is 14.0. The van der Waals surface area contributed by atoms with Gasteiger partial charge in [-0.15, -0.1) is 24.0 Å². The van der Waals surface area contributed by atoms with Gasteiger partial charge in [0, 0.05) is 0 Å². The zero-order chi connectivity index (χ0) is 6.78. The van der Waals surface area contributed by atoms with Crippen molar-refractivity contribution < 1.29 is 13.2 Å². The van der Waals surface area contributed by atoms with Crippen LogP contribution in [-0.2, 0) is 0 Å². The zero-order valence-electron chi connectivity index (χ0n) is 4.90. The van der Waals surface area contributed by atoms with E-state index in [1.54, 1.807) is 0 Å². The monoisotopic (exact) mass is 255 g/mol. The third kappa shape index (κ3) is 4.95. The van der Waals surface area contributed by atoms with E-state index in [0.29, 0.717) is 0 Å². The molecule has 0 amide bonds. The fourth-order valence-corrected chi connectivity index (χ4v) is 0.272. The molecule has 0 aliphatic rings. The lowest BCUT2D eigenvalue weighted by Crippen LogP contribution is -2.38. The van der Waals surface area contributed by atoms with Gasteiger partial charge in [0.25, 0.3) is 0 Å². The molecule has 1 atom stereocenters. The lowest BCUT2D eigenvalue weighted by molar-refractivity contribution is -0.0673.